The molecule has 6 heteroatoms. The first-order valence-electron chi connectivity index (χ1n) is 6.64. The summed E-state index contributed by atoms with van der Waals surface area (Å²) in [4.78, 5) is 26.6. The quantitative estimate of drug-likeness (QED) is 0.837. The molecule has 0 radical (unpaired) electrons. The molecule has 5 nitrogen and oxygen atoms in total. The second kappa shape index (κ2) is 6.17. The van der Waals surface area contributed by atoms with Crippen molar-refractivity contribution >= 4 is 28.3 Å². The zero-order chi connectivity index (χ0) is 14.7. The number of carbonyl (C=O) groups is 2. The molecule has 0 saturated heterocycles. The van der Waals surface area contributed by atoms with Crippen LogP contribution in [-0.2, 0) is 9.59 Å². The van der Waals surface area contributed by atoms with Gasteiger partial charge in [0.2, 0.25) is 5.91 Å². The molecule has 1 amide bonds. The molecule has 108 valence electrons. The maximum atomic E-state index is 11.2. The van der Waals surface area contributed by atoms with Crippen LogP contribution in [0.25, 0.3) is 0 Å². The van der Waals surface area contributed by atoms with Crippen LogP contribution < -0.4 is 5.32 Å². The van der Waals surface area contributed by atoms with Gasteiger partial charge in [-0.25, -0.2) is 9.78 Å². The fourth-order valence-corrected chi connectivity index (χ4v) is 3.55. The SMILES string of the molecule is C=C(C(=O)O)C1CCCCC1c1csc(NC(C)=O)n1. The maximum Gasteiger partial charge on any atom is 0.331 e. The number of hydrogen-bond acceptors (Lipinski definition) is 4. The summed E-state index contributed by atoms with van der Waals surface area (Å²) in [7, 11) is 0. The first-order valence-corrected chi connectivity index (χ1v) is 7.52. The summed E-state index contributed by atoms with van der Waals surface area (Å²) >= 11 is 1.37. The normalized spacial score (nSPS) is 22.2. The molecule has 20 heavy (non-hydrogen) atoms. The predicted molar refractivity (Wildman–Crippen MR) is 77.9 cm³/mol. The number of carboxylic acid groups (broad SMARTS) is 1. The lowest BCUT2D eigenvalue weighted by Gasteiger charge is -2.30. The van der Waals surface area contributed by atoms with E-state index < -0.39 is 5.97 Å². The molecular formula is C14H18N2O3S. The molecule has 1 saturated carbocycles. The Morgan fingerprint density at radius 1 is 1.45 bits per heavy atom. The molecule has 2 atom stereocenters. The Kier molecular flexibility index (Phi) is 4.54. The number of aliphatic carboxylic acids is 1. The van der Waals surface area contributed by atoms with Crippen molar-refractivity contribution in [1.29, 1.82) is 0 Å². The van der Waals surface area contributed by atoms with Crippen LogP contribution in [-0.4, -0.2) is 22.0 Å². The van der Waals surface area contributed by atoms with Gasteiger partial charge in [-0.3, -0.25) is 4.79 Å². The number of hydrogen-bond donors (Lipinski definition) is 2. The second-order valence-electron chi connectivity index (χ2n) is 5.09. The number of aromatic nitrogens is 1. The van der Waals surface area contributed by atoms with Gasteiger partial charge < -0.3 is 10.4 Å². The van der Waals surface area contributed by atoms with Gasteiger partial charge in [0.15, 0.2) is 5.13 Å². The summed E-state index contributed by atoms with van der Waals surface area (Å²) in [5.74, 6) is -1.06. The molecule has 0 aliphatic heterocycles. The fourth-order valence-electron chi connectivity index (χ4n) is 2.73. The van der Waals surface area contributed by atoms with Crippen molar-refractivity contribution in [2.24, 2.45) is 5.92 Å². The summed E-state index contributed by atoms with van der Waals surface area (Å²) in [5, 5.41) is 14.3. The highest BCUT2D eigenvalue weighted by molar-refractivity contribution is 7.13. The van der Waals surface area contributed by atoms with Crippen molar-refractivity contribution in [2.45, 2.75) is 38.5 Å². The fraction of sp³-hybridized carbons (Fsp3) is 0.500. The largest absolute Gasteiger partial charge is 0.478 e. The molecule has 0 spiro atoms. The van der Waals surface area contributed by atoms with Crippen LogP contribution in [0.5, 0.6) is 0 Å². The molecule has 1 heterocycles. The van der Waals surface area contributed by atoms with Gasteiger partial charge in [-0.2, -0.15) is 0 Å². The van der Waals surface area contributed by atoms with E-state index in [-0.39, 0.29) is 23.3 Å². The van der Waals surface area contributed by atoms with Crippen molar-refractivity contribution in [1.82, 2.24) is 4.98 Å². The van der Waals surface area contributed by atoms with Crippen LogP contribution in [0, 0.1) is 5.92 Å². The zero-order valence-electron chi connectivity index (χ0n) is 11.4. The van der Waals surface area contributed by atoms with Crippen LogP contribution in [0.4, 0.5) is 5.13 Å². The number of carboxylic acids is 1. The highest BCUT2D eigenvalue weighted by atomic mass is 32.1. The molecule has 1 aliphatic carbocycles. The second-order valence-corrected chi connectivity index (χ2v) is 5.94. The molecule has 1 fully saturated rings. The van der Waals surface area contributed by atoms with Gasteiger partial charge >= 0.3 is 5.97 Å². The Hall–Kier alpha value is -1.69. The number of anilines is 1. The van der Waals surface area contributed by atoms with Gasteiger partial charge in [0, 0.05) is 23.8 Å². The Morgan fingerprint density at radius 3 is 2.80 bits per heavy atom. The summed E-state index contributed by atoms with van der Waals surface area (Å²) in [6.45, 7) is 5.16. The molecule has 2 rings (SSSR count). The molecule has 0 bridgehead atoms. The minimum Gasteiger partial charge on any atom is -0.478 e. The first kappa shape index (κ1) is 14.7. The number of carbonyl (C=O) groups excluding carboxylic acids is 1. The molecule has 1 aliphatic rings. The molecule has 2 unspecified atom stereocenters. The summed E-state index contributed by atoms with van der Waals surface area (Å²) in [6.07, 6.45) is 3.85. The van der Waals surface area contributed by atoms with Crippen LogP contribution in [0.1, 0.15) is 44.2 Å². The van der Waals surface area contributed by atoms with Crippen molar-refractivity contribution in [3.63, 3.8) is 0 Å². The standard InChI is InChI=1S/C14H18N2O3S/c1-8(13(18)19)10-5-3-4-6-11(10)12-7-20-14(16-12)15-9(2)17/h7,10-11H,1,3-6H2,2H3,(H,18,19)(H,15,16,17). The van der Waals surface area contributed by atoms with Crippen LogP contribution in [0.15, 0.2) is 17.5 Å². The summed E-state index contributed by atoms with van der Waals surface area (Å²) < 4.78 is 0. The van der Waals surface area contributed by atoms with Gasteiger partial charge in [0.05, 0.1) is 5.69 Å². The first-order chi connectivity index (χ1) is 9.49. The lowest BCUT2D eigenvalue weighted by molar-refractivity contribution is -0.133. The molecular weight excluding hydrogens is 276 g/mol. The Balaban J connectivity index is 2.19. The number of thiazole rings is 1. The maximum absolute atomic E-state index is 11.2. The van der Waals surface area contributed by atoms with E-state index >= 15 is 0 Å². The van der Waals surface area contributed by atoms with Crippen LogP contribution in [0.2, 0.25) is 0 Å². The van der Waals surface area contributed by atoms with Crippen molar-refractivity contribution in [3.05, 3.63) is 23.2 Å². The Labute approximate surface area is 121 Å². The highest BCUT2D eigenvalue weighted by Crippen LogP contribution is 2.41. The van der Waals surface area contributed by atoms with Crippen molar-refractivity contribution in [2.75, 3.05) is 5.32 Å². The minimum absolute atomic E-state index is 0.0615. The Bertz CT molecular complexity index is 538. The van der Waals surface area contributed by atoms with E-state index in [1.165, 1.54) is 18.3 Å². The van der Waals surface area contributed by atoms with Gasteiger partial charge in [0.25, 0.3) is 0 Å². The molecule has 0 aromatic carbocycles. The third kappa shape index (κ3) is 3.25. The topological polar surface area (TPSA) is 79.3 Å². The lowest BCUT2D eigenvalue weighted by Crippen LogP contribution is -2.23. The Morgan fingerprint density at radius 2 is 2.15 bits per heavy atom. The van der Waals surface area contributed by atoms with E-state index in [2.05, 4.69) is 16.9 Å². The molecule has 1 aromatic heterocycles. The average molecular weight is 294 g/mol. The van der Waals surface area contributed by atoms with Crippen molar-refractivity contribution in [3.8, 4) is 0 Å². The average Bonchev–Trinajstić information content (AvgIpc) is 2.85. The number of amides is 1. The molecule has 2 N–H and O–H groups in total. The van der Waals surface area contributed by atoms with E-state index in [1.54, 1.807) is 0 Å². The smallest absolute Gasteiger partial charge is 0.331 e. The predicted octanol–water partition coefficient (Wildman–Crippen LogP) is 3.02. The summed E-state index contributed by atoms with van der Waals surface area (Å²) in [6, 6.07) is 0. The molecule has 1 aromatic rings. The van der Waals surface area contributed by atoms with Crippen LogP contribution >= 0.6 is 11.3 Å². The van der Waals surface area contributed by atoms with Gasteiger partial charge in [-0.15, -0.1) is 11.3 Å². The van der Waals surface area contributed by atoms with E-state index in [0.717, 1.165) is 31.4 Å². The van der Waals surface area contributed by atoms with Gasteiger partial charge in [-0.1, -0.05) is 19.4 Å². The lowest BCUT2D eigenvalue weighted by atomic mass is 9.74. The van der Waals surface area contributed by atoms with E-state index in [4.69, 9.17) is 5.11 Å². The monoisotopic (exact) mass is 294 g/mol. The minimum atomic E-state index is -0.931. The van der Waals surface area contributed by atoms with E-state index in [9.17, 15) is 9.59 Å². The third-order valence-electron chi connectivity index (χ3n) is 3.67. The van der Waals surface area contributed by atoms with E-state index in [1.807, 2.05) is 5.38 Å². The number of nitrogens with zero attached hydrogens (tertiary/aromatic N) is 1. The number of rotatable bonds is 4. The van der Waals surface area contributed by atoms with Crippen molar-refractivity contribution < 1.29 is 14.7 Å². The zero-order valence-corrected chi connectivity index (χ0v) is 12.2. The third-order valence-corrected chi connectivity index (χ3v) is 4.45. The van der Waals surface area contributed by atoms with Crippen LogP contribution in [0.3, 0.4) is 0 Å². The highest BCUT2D eigenvalue weighted by Gasteiger charge is 2.32. The summed E-state index contributed by atoms with van der Waals surface area (Å²) in [5.41, 5.74) is 1.13. The van der Waals surface area contributed by atoms with Gasteiger partial charge in [0.1, 0.15) is 0 Å². The number of nitrogens with one attached hydrogen (secondary N) is 1. The van der Waals surface area contributed by atoms with E-state index in [0.29, 0.717) is 5.13 Å². The van der Waals surface area contributed by atoms with Gasteiger partial charge in [-0.05, 0) is 18.8 Å².